The molecule has 0 atom stereocenters. The van der Waals surface area contributed by atoms with E-state index in [-0.39, 0.29) is 11.4 Å². The summed E-state index contributed by atoms with van der Waals surface area (Å²) in [5.41, 5.74) is 3.41. The zero-order valence-corrected chi connectivity index (χ0v) is 19.3. The molecule has 1 aliphatic rings. The molecule has 3 rings (SSSR count). The number of urea groups is 1. The van der Waals surface area contributed by atoms with Crippen molar-refractivity contribution in [3.05, 3.63) is 64.1 Å². The first-order valence-electron chi connectivity index (χ1n) is 10.4. The van der Waals surface area contributed by atoms with Gasteiger partial charge in [0.1, 0.15) is 0 Å². The largest absolute Gasteiger partial charge is 0.322 e. The average Bonchev–Trinajstić information content (AvgIpc) is 3.20. The molecule has 0 saturated carbocycles. The molecule has 0 spiro atoms. The number of anilines is 1. The van der Waals surface area contributed by atoms with Crippen molar-refractivity contribution >= 4 is 27.6 Å². The van der Waals surface area contributed by atoms with E-state index in [1.165, 1.54) is 18.4 Å². The van der Waals surface area contributed by atoms with Crippen LogP contribution >= 0.6 is 15.9 Å². The summed E-state index contributed by atoms with van der Waals surface area (Å²) >= 11 is 3.44. The molecule has 29 heavy (non-hydrogen) atoms. The number of carbonyl (C=O) groups is 1. The first kappa shape index (κ1) is 21.8. The van der Waals surface area contributed by atoms with Crippen LogP contribution in [0, 0.1) is 0 Å². The molecule has 0 unspecified atom stereocenters. The van der Waals surface area contributed by atoms with Gasteiger partial charge >= 0.3 is 6.03 Å². The second kappa shape index (κ2) is 9.77. The van der Waals surface area contributed by atoms with Crippen molar-refractivity contribution in [2.24, 2.45) is 0 Å². The molecular formula is C24H32BrN3O. The molecular weight excluding hydrogens is 426 g/mol. The van der Waals surface area contributed by atoms with Crippen LogP contribution in [0.2, 0.25) is 0 Å². The number of carbonyl (C=O) groups excluding carboxylic acids is 1. The Morgan fingerprint density at radius 1 is 1.03 bits per heavy atom. The van der Waals surface area contributed by atoms with E-state index in [2.05, 4.69) is 71.2 Å². The molecule has 0 bridgehead atoms. The molecule has 1 fully saturated rings. The minimum absolute atomic E-state index is 0.0496. The standard InChI is InChI=1S/C24H32BrN3O/c1-24(2,3)20-8-6-19(7-9-20)18-28(17-16-27-14-4-5-15-27)23(29)26-22-12-10-21(25)11-13-22/h6-13H,4-5,14-18H2,1-3H3,(H,26,29). The maximum atomic E-state index is 13.0. The molecule has 1 N–H and O–H groups in total. The van der Waals surface area contributed by atoms with Crippen molar-refractivity contribution in [3.8, 4) is 0 Å². The number of benzene rings is 2. The topological polar surface area (TPSA) is 35.6 Å². The maximum absolute atomic E-state index is 13.0. The minimum atomic E-state index is -0.0496. The highest BCUT2D eigenvalue weighted by molar-refractivity contribution is 9.10. The number of hydrogen-bond donors (Lipinski definition) is 1. The Balaban J connectivity index is 1.69. The highest BCUT2D eigenvalue weighted by Crippen LogP contribution is 2.23. The van der Waals surface area contributed by atoms with E-state index in [0.717, 1.165) is 41.9 Å². The molecule has 1 saturated heterocycles. The van der Waals surface area contributed by atoms with Gasteiger partial charge in [-0.05, 0) is 66.7 Å². The van der Waals surface area contributed by atoms with Gasteiger partial charge in [0.25, 0.3) is 0 Å². The Kier molecular flexibility index (Phi) is 7.36. The summed E-state index contributed by atoms with van der Waals surface area (Å²) in [4.78, 5) is 17.4. The molecule has 1 aliphatic heterocycles. The Morgan fingerprint density at radius 3 is 2.24 bits per heavy atom. The smallest absolute Gasteiger partial charge is 0.319 e. The SMILES string of the molecule is CC(C)(C)c1ccc(CN(CCN2CCCC2)C(=O)Nc2ccc(Br)cc2)cc1. The summed E-state index contributed by atoms with van der Waals surface area (Å²) in [6.45, 7) is 11.2. The van der Waals surface area contributed by atoms with Gasteiger partial charge in [0, 0.05) is 29.8 Å². The van der Waals surface area contributed by atoms with Gasteiger partial charge in [-0.25, -0.2) is 4.79 Å². The Hall–Kier alpha value is -1.85. The fraction of sp³-hybridized carbons (Fsp3) is 0.458. The highest BCUT2D eigenvalue weighted by Gasteiger charge is 2.19. The predicted octanol–water partition coefficient (Wildman–Crippen LogP) is 5.88. The summed E-state index contributed by atoms with van der Waals surface area (Å²) in [5.74, 6) is 0. The quantitative estimate of drug-likeness (QED) is 0.587. The fourth-order valence-corrected chi connectivity index (χ4v) is 3.85. The van der Waals surface area contributed by atoms with E-state index in [9.17, 15) is 4.79 Å². The fourth-order valence-electron chi connectivity index (χ4n) is 3.59. The van der Waals surface area contributed by atoms with Crippen molar-refractivity contribution in [1.82, 2.24) is 9.80 Å². The van der Waals surface area contributed by atoms with Crippen LogP contribution in [0.3, 0.4) is 0 Å². The van der Waals surface area contributed by atoms with Crippen LogP contribution < -0.4 is 5.32 Å². The third-order valence-electron chi connectivity index (χ3n) is 5.46. The molecule has 2 amide bonds. The lowest BCUT2D eigenvalue weighted by atomic mass is 9.87. The number of halogens is 1. The van der Waals surface area contributed by atoms with Crippen LogP contribution in [0.4, 0.5) is 10.5 Å². The second-order valence-electron chi connectivity index (χ2n) is 8.85. The first-order chi connectivity index (χ1) is 13.8. The number of nitrogens with zero attached hydrogens (tertiary/aromatic N) is 2. The van der Waals surface area contributed by atoms with E-state index in [1.54, 1.807) is 0 Å². The molecule has 2 aromatic carbocycles. The zero-order valence-electron chi connectivity index (χ0n) is 17.7. The molecule has 1 heterocycles. The van der Waals surface area contributed by atoms with Gasteiger partial charge in [-0.15, -0.1) is 0 Å². The molecule has 2 aromatic rings. The Bertz CT molecular complexity index is 790. The predicted molar refractivity (Wildman–Crippen MR) is 124 cm³/mol. The number of hydrogen-bond acceptors (Lipinski definition) is 2. The molecule has 156 valence electrons. The monoisotopic (exact) mass is 457 g/mol. The van der Waals surface area contributed by atoms with Gasteiger partial charge in [0.05, 0.1) is 0 Å². The number of likely N-dealkylation sites (tertiary alicyclic amines) is 1. The van der Waals surface area contributed by atoms with Gasteiger partial charge in [-0.2, -0.15) is 0 Å². The lowest BCUT2D eigenvalue weighted by molar-refractivity contribution is 0.198. The van der Waals surface area contributed by atoms with E-state index in [1.807, 2.05) is 29.2 Å². The Labute approximate surface area is 183 Å². The highest BCUT2D eigenvalue weighted by atomic mass is 79.9. The number of rotatable bonds is 6. The summed E-state index contributed by atoms with van der Waals surface area (Å²) in [6.07, 6.45) is 2.53. The number of amides is 2. The first-order valence-corrected chi connectivity index (χ1v) is 11.2. The lowest BCUT2D eigenvalue weighted by Gasteiger charge is -2.26. The van der Waals surface area contributed by atoms with Crippen LogP contribution in [0.5, 0.6) is 0 Å². The lowest BCUT2D eigenvalue weighted by Crippen LogP contribution is -2.40. The molecule has 4 nitrogen and oxygen atoms in total. The third kappa shape index (κ3) is 6.58. The van der Waals surface area contributed by atoms with Crippen LogP contribution in [-0.2, 0) is 12.0 Å². The van der Waals surface area contributed by atoms with Crippen LogP contribution in [0.15, 0.2) is 53.0 Å². The van der Waals surface area contributed by atoms with E-state index in [4.69, 9.17) is 0 Å². The van der Waals surface area contributed by atoms with Gasteiger partial charge in [0.15, 0.2) is 0 Å². The van der Waals surface area contributed by atoms with Crippen LogP contribution in [-0.4, -0.2) is 42.0 Å². The van der Waals surface area contributed by atoms with E-state index >= 15 is 0 Å². The molecule has 0 radical (unpaired) electrons. The van der Waals surface area contributed by atoms with Crippen molar-refractivity contribution in [3.63, 3.8) is 0 Å². The minimum Gasteiger partial charge on any atom is -0.319 e. The van der Waals surface area contributed by atoms with Crippen molar-refractivity contribution < 1.29 is 4.79 Å². The summed E-state index contributed by atoms with van der Waals surface area (Å²) < 4.78 is 1.00. The maximum Gasteiger partial charge on any atom is 0.322 e. The van der Waals surface area contributed by atoms with Gasteiger partial charge < -0.3 is 15.1 Å². The van der Waals surface area contributed by atoms with Gasteiger partial charge in [-0.1, -0.05) is 61.0 Å². The average molecular weight is 458 g/mol. The zero-order chi connectivity index (χ0) is 20.9. The van der Waals surface area contributed by atoms with Gasteiger partial charge in [-0.3, -0.25) is 0 Å². The molecule has 5 heteroatoms. The number of nitrogens with one attached hydrogen (secondary N) is 1. The normalized spacial score (nSPS) is 14.8. The second-order valence-corrected chi connectivity index (χ2v) is 9.77. The van der Waals surface area contributed by atoms with E-state index in [0.29, 0.717) is 6.54 Å². The van der Waals surface area contributed by atoms with E-state index < -0.39 is 0 Å². The summed E-state index contributed by atoms with van der Waals surface area (Å²) in [5, 5.41) is 3.05. The van der Waals surface area contributed by atoms with Gasteiger partial charge in [0.2, 0.25) is 0 Å². The van der Waals surface area contributed by atoms with Crippen LogP contribution in [0.1, 0.15) is 44.7 Å². The van der Waals surface area contributed by atoms with Crippen LogP contribution in [0.25, 0.3) is 0 Å². The molecule has 0 aliphatic carbocycles. The molecule has 0 aromatic heterocycles. The summed E-state index contributed by atoms with van der Waals surface area (Å²) in [7, 11) is 0. The third-order valence-corrected chi connectivity index (χ3v) is 5.99. The summed E-state index contributed by atoms with van der Waals surface area (Å²) in [6, 6.07) is 16.3. The van der Waals surface area contributed by atoms with Crippen molar-refractivity contribution in [2.75, 3.05) is 31.5 Å². The van der Waals surface area contributed by atoms with Crippen molar-refractivity contribution in [1.29, 1.82) is 0 Å². The van der Waals surface area contributed by atoms with Crippen molar-refractivity contribution in [2.45, 2.75) is 45.6 Å². The Morgan fingerprint density at radius 2 is 1.66 bits per heavy atom.